The molecule has 1 N–H and O–H groups in total. The molecule has 112 valence electrons. The van der Waals surface area contributed by atoms with Gasteiger partial charge in [-0.05, 0) is 30.7 Å². The summed E-state index contributed by atoms with van der Waals surface area (Å²) in [5.41, 5.74) is 2.09. The summed E-state index contributed by atoms with van der Waals surface area (Å²) in [6, 6.07) is 10.3. The summed E-state index contributed by atoms with van der Waals surface area (Å²) in [5.74, 6) is 0. The molecule has 1 aromatic heterocycles. The molecule has 0 spiro atoms. The van der Waals surface area contributed by atoms with Crippen molar-refractivity contribution < 1.29 is 4.79 Å². The summed E-state index contributed by atoms with van der Waals surface area (Å²) in [6.07, 6.45) is 8.28. The fourth-order valence-corrected chi connectivity index (χ4v) is 2.54. The number of aromatic nitrogens is 1. The number of benzene rings is 1. The van der Waals surface area contributed by atoms with Crippen LogP contribution >= 0.6 is 0 Å². The summed E-state index contributed by atoms with van der Waals surface area (Å²) >= 11 is 0. The number of rotatable bonds is 9. The van der Waals surface area contributed by atoms with Crippen molar-refractivity contribution in [2.45, 2.75) is 45.1 Å². The highest BCUT2D eigenvalue weighted by atomic mass is 16.1. The first-order valence-electron chi connectivity index (χ1n) is 7.87. The van der Waals surface area contributed by atoms with Crippen LogP contribution in [0.2, 0.25) is 0 Å². The van der Waals surface area contributed by atoms with E-state index in [-0.39, 0.29) is 6.04 Å². The van der Waals surface area contributed by atoms with Crippen molar-refractivity contribution in [1.29, 1.82) is 0 Å². The van der Waals surface area contributed by atoms with Crippen molar-refractivity contribution in [2.24, 2.45) is 0 Å². The van der Waals surface area contributed by atoms with E-state index in [1.165, 1.54) is 19.3 Å². The number of fused-ring (bicyclic) bond motifs is 1. The summed E-state index contributed by atoms with van der Waals surface area (Å²) in [5, 5.41) is 4.61. The number of pyridine rings is 1. The Morgan fingerprint density at radius 1 is 1.24 bits per heavy atom. The van der Waals surface area contributed by atoms with Crippen LogP contribution in [-0.2, 0) is 4.79 Å². The van der Waals surface area contributed by atoms with Crippen LogP contribution in [-0.4, -0.2) is 17.8 Å². The van der Waals surface area contributed by atoms with Crippen LogP contribution in [0.1, 0.15) is 50.6 Å². The Labute approximate surface area is 126 Å². The minimum absolute atomic E-state index is 0.0706. The van der Waals surface area contributed by atoms with Crippen molar-refractivity contribution in [1.82, 2.24) is 10.3 Å². The monoisotopic (exact) mass is 284 g/mol. The van der Waals surface area contributed by atoms with E-state index in [1.807, 2.05) is 24.4 Å². The van der Waals surface area contributed by atoms with Crippen LogP contribution in [0, 0.1) is 0 Å². The lowest BCUT2D eigenvalue weighted by Crippen LogP contribution is -2.23. The third-order valence-corrected chi connectivity index (χ3v) is 3.77. The Kier molecular flexibility index (Phi) is 6.35. The molecular formula is C18H24N2O. The molecule has 3 heteroatoms. The van der Waals surface area contributed by atoms with Gasteiger partial charge in [-0.25, -0.2) is 0 Å². The summed E-state index contributed by atoms with van der Waals surface area (Å²) in [4.78, 5) is 15.4. The average molecular weight is 284 g/mol. The number of hydrogen-bond acceptors (Lipinski definition) is 3. The average Bonchev–Trinajstić information content (AvgIpc) is 2.53. The van der Waals surface area contributed by atoms with Gasteiger partial charge in [0.1, 0.15) is 6.29 Å². The van der Waals surface area contributed by atoms with Crippen LogP contribution in [0.25, 0.3) is 10.9 Å². The molecule has 1 atom stereocenters. The fraction of sp³-hybridized carbons (Fsp3) is 0.444. The molecular weight excluding hydrogens is 260 g/mol. The van der Waals surface area contributed by atoms with Crippen molar-refractivity contribution >= 4 is 17.2 Å². The maximum absolute atomic E-state index is 10.9. The Hall–Kier alpha value is -1.74. The fourth-order valence-electron chi connectivity index (χ4n) is 2.54. The number of carbonyl (C=O) groups excluding carboxylic acids is 1. The first-order valence-corrected chi connectivity index (χ1v) is 7.87. The van der Waals surface area contributed by atoms with Gasteiger partial charge in [0.25, 0.3) is 0 Å². The highest BCUT2D eigenvalue weighted by Gasteiger charge is 2.11. The minimum atomic E-state index is 0.0706. The van der Waals surface area contributed by atoms with Gasteiger partial charge in [-0.15, -0.1) is 0 Å². The second-order valence-electron chi connectivity index (χ2n) is 5.43. The predicted molar refractivity (Wildman–Crippen MR) is 87.3 cm³/mol. The van der Waals surface area contributed by atoms with Crippen LogP contribution < -0.4 is 5.32 Å². The molecule has 0 aliphatic heterocycles. The van der Waals surface area contributed by atoms with Crippen molar-refractivity contribution in [3.63, 3.8) is 0 Å². The van der Waals surface area contributed by atoms with E-state index in [0.717, 1.165) is 35.7 Å². The molecule has 0 radical (unpaired) electrons. The molecule has 0 amide bonds. The molecule has 1 aromatic carbocycles. The van der Waals surface area contributed by atoms with Gasteiger partial charge in [0.05, 0.1) is 5.52 Å². The molecule has 2 aromatic rings. The highest BCUT2D eigenvalue weighted by Crippen LogP contribution is 2.20. The standard InChI is InChI=1S/C18H24N2O/c1-2-3-4-7-11-19-18(10-12-21)16-13-15-8-5-6-9-17(15)20-14-16/h5-6,8-9,12-14,18-19H,2-4,7,10-11H2,1H3. The van der Waals surface area contributed by atoms with Crippen LogP contribution in [0.5, 0.6) is 0 Å². The largest absolute Gasteiger partial charge is 0.310 e. The van der Waals surface area contributed by atoms with Crippen LogP contribution in [0.4, 0.5) is 0 Å². The third kappa shape index (κ3) is 4.64. The van der Waals surface area contributed by atoms with Crippen molar-refractivity contribution in [3.8, 4) is 0 Å². The molecule has 0 aliphatic rings. The molecule has 0 saturated heterocycles. The number of nitrogens with zero attached hydrogens (tertiary/aromatic N) is 1. The lowest BCUT2D eigenvalue weighted by molar-refractivity contribution is -0.108. The Bertz CT molecular complexity index is 568. The number of carbonyl (C=O) groups is 1. The second kappa shape index (κ2) is 8.53. The van der Waals surface area contributed by atoms with E-state index in [0.29, 0.717) is 6.42 Å². The molecule has 0 saturated carbocycles. The first kappa shape index (κ1) is 15.6. The molecule has 0 fully saturated rings. The van der Waals surface area contributed by atoms with Crippen molar-refractivity contribution in [2.75, 3.05) is 6.54 Å². The van der Waals surface area contributed by atoms with Gasteiger partial charge >= 0.3 is 0 Å². The van der Waals surface area contributed by atoms with Gasteiger partial charge in [-0.2, -0.15) is 0 Å². The lowest BCUT2D eigenvalue weighted by Gasteiger charge is -2.17. The SMILES string of the molecule is CCCCCCNC(CC=O)c1cnc2ccccc2c1. The van der Waals surface area contributed by atoms with Gasteiger partial charge < -0.3 is 10.1 Å². The topological polar surface area (TPSA) is 42.0 Å². The Morgan fingerprint density at radius 3 is 2.90 bits per heavy atom. The second-order valence-corrected chi connectivity index (χ2v) is 5.43. The normalized spacial score (nSPS) is 12.4. The van der Waals surface area contributed by atoms with Crippen LogP contribution in [0.15, 0.2) is 36.5 Å². The maximum atomic E-state index is 10.9. The zero-order chi connectivity index (χ0) is 14.9. The molecule has 0 bridgehead atoms. The quantitative estimate of drug-likeness (QED) is 0.558. The van der Waals surface area contributed by atoms with Gasteiger partial charge in [0.15, 0.2) is 0 Å². The Morgan fingerprint density at radius 2 is 2.10 bits per heavy atom. The lowest BCUT2D eigenvalue weighted by atomic mass is 10.0. The number of unbranched alkanes of at least 4 members (excludes halogenated alkanes) is 3. The van der Waals surface area contributed by atoms with E-state index < -0.39 is 0 Å². The zero-order valence-corrected chi connectivity index (χ0v) is 12.7. The molecule has 2 rings (SSSR count). The summed E-state index contributed by atoms with van der Waals surface area (Å²) < 4.78 is 0. The molecule has 21 heavy (non-hydrogen) atoms. The number of para-hydroxylation sites is 1. The van der Waals surface area contributed by atoms with E-state index >= 15 is 0 Å². The van der Waals surface area contributed by atoms with E-state index in [1.54, 1.807) is 0 Å². The van der Waals surface area contributed by atoms with Gasteiger partial charge in [-0.3, -0.25) is 4.98 Å². The minimum Gasteiger partial charge on any atom is -0.310 e. The molecule has 1 unspecified atom stereocenters. The van der Waals surface area contributed by atoms with E-state index in [2.05, 4.69) is 29.4 Å². The van der Waals surface area contributed by atoms with E-state index in [9.17, 15) is 4.79 Å². The highest BCUT2D eigenvalue weighted by molar-refractivity contribution is 5.78. The number of aldehydes is 1. The molecule has 3 nitrogen and oxygen atoms in total. The van der Waals surface area contributed by atoms with Crippen LogP contribution in [0.3, 0.4) is 0 Å². The first-order chi connectivity index (χ1) is 10.3. The van der Waals surface area contributed by atoms with E-state index in [4.69, 9.17) is 0 Å². The predicted octanol–water partition coefficient (Wildman–Crippen LogP) is 4.03. The van der Waals surface area contributed by atoms with Gasteiger partial charge in [0.2, 0.25) is 0 Å². The third-order valence-electron chi connectivity index (χ3n) is 3.77. The maximum Gasteiger partial charge on any atom is 0.121 e. The van der Waals surface area contributed by atoms with Gasteiger partial charge in [0, 0.05) is 24.0 Å². The summed E-state index contributed by atoms with van der Waals surface area (Å²) in [7, 11) is 0. The number of hydrogen-bond donors (Lipinski definition) is 1. The molecule has 0 aliphatic carbocycles. The smallest absolute Gasteiger partial charge is 0.121 e. The number of nitrogens with one attached hydrogen (secondary N) is 1. The Balaban J connectivity index is 2.03. The van der Waals surface area contributed by atoms with Gasteiger partial charge in [-0.1, -0.05) is 44.4 Å². The van der Waals surface area contributed by atoms with Crippen molar-refractivity contribution in [3.05, 3.63) is 42.1 Å². The molecule has 1 heterocycles. The summed E-state index contributed by atoms with van der Waals surface area (Å²) in [6.45, 7) is 3.16. The zero-order valence-electron chi connectivity index (χ0n) is 12.7.